The average molecular weight is 186 g/mol. The second-order valence-corrected chi connectivity index (χ2v) is 2.30. The fraction of sp³-hybridized carbons (Fsp3) is 0.125. The molecule has 1 aromatic rings. The molecule has 70 valence electrons. The Morgan fingerprint density at radius 3 is 2.62 bits per heavy atom. The molecule has 0 spiro atoms. The standard InChI is InChI=1S/C8H8F2N2O/c1-11-6-3-2-5(9)8(7(6)10)12-4-13/h2-4,11H,1H3,(H,12,13). The highest BCUT2D eigenvalue weighted by molar-refractivity contribution is 5.74. The van der Waals surface area contributed by atoms with Gasteiger partial charge in [-0.25, -0.2) is 8.78 Å². The Bertz CT molecular complexity index is 328. The summed E-state index contributed by atoms with van der Waals surface area (Å²) in [5, 5.41) is 4.47. The highest BCUT2D eigenvalue weighted by Crippen LogP contribution is 2.24. The van der Waals surface area contributed by atoms with Crippen molar-refractivity contribution >= 4 is 17.8 Å². The van der Waals surface area contributed by atoms with Gasteiger partial charge in [0.05, 0.1) is 5.69 Å². The third-order valence-corrected chi connectivity index (χ3v) is 1.56. The lowest BCUT2D eigenvalue weighted by atomic mass is 10.2. The van der Waals surface area contributed by atoms with E-state index in [9.17, 15) is 13.6 Å². The van der Waals surface area contributed by atoms with Gasteiger partial charge in [0.25, 0.3) is 0 Å². The number of anilines is 2. The third kappa shape index (κ3) is 1.74. The van der Waals surface area contributed by atoms with Crippen LogP contribution in [-0.4, -0.2) is 13.5 Å². The molecule has 0 aromatic heterocycles. The molecular formula is C8H8F2N2O. The zero-order chi connectivity index (χ0) is 9.84. The monoisotopic (exact) mass is 186 g/mol. The van der Waals surface area contributed by atoms with Crippen LogP contribution in [0, 0.1) is 11.6 Å². The smallest absolute Gasteiger partial charge is 0.211 e. The molecule has 0 radical (unpaired) electrons. The first-order chi connectivity index (χ1) is 6.20. The van der Waals surface area contributed by atoms with Gasteiger partial charge >= 0.3 is 0 Å². The maximum Gasteiger partial charge on any atom is 0.211 e. The maximum absolute atomic E-state index is 13.2. The van der Waals surface area contributed by atoms with E-state index in [0.29, 0.717) is 0 Å². The second-order valence-electron chi connectivity index (χ2n) is 2.30. The lowest BCUT2D eigenvalue weighted by molar-refractivity contribution is -0.105. The maximum atomic E-state index is 13.2. The fourth-order valence-electron chi connectivity index (χ4n) is 0.937. The number of hydrogen-bond acceptors (Lipinski definition) is 2. The van der Waals surface area contributed by atoms with E-state index in [-0.39, 0.29) is 12.1 Å². The summed E-state index contributed by atoms with van der Waals surface area (Å²) in [6.45, 7) is 0. The van der Waals surface area contributed by atoms with E-state index < -0.39 is 17.3 Å². The molecule has 0 saturated carbocycles. The normalized spacial score (nSPS) is 9.46. The molecule has 2 N–H and O–H groups in total. The van der Waals surface area contributed by atoms with Crippen molar-refractivity contribution in [2.75, 3.05) is 17.7 Å². The van der Waals surface area contributed by atoms with Crippen molar-refractivity contribution in [2.24, 2.45) is 0 Å². The highest BCUT2D eigenvalue weighted by atomic mass is 19.1. The number of hydrogen-bond donors (Lipinski definition) is 2. The molecule has 5 heteroatoms. The first-order valence-electron chi connectivity index (χ1n) is 3.56. The summed E-state index contributed by atoms with van der Waals surface area (Å²) in [6.07, 6.45) is 0.223. The zero-order valence-corrected chi connectivity index (χ0v) is 6.90. The van der Waals surface area contributed by atoms with Gasteiger partial charge < -0.3 is 10.6 Å². The SMILES string of the molecule is CNc1ccc(F)c(NC=O)c1F. The molecule has 1 aromatic carbocycles. The Balaban J connectivity index is 3.20. The minimum Gasteiger partial charge on any atom is -0.386 e. The summed E-state index contributed by atoms with van der Waals surface area (Å²) >= 11 is 0. The van der Waals surface area contributed by atoms with Gasteiger partial charge in [0, 0.05) is 7.05 Å². The van der Waals surface area contributed by atoms with Crippen LogP contribution >= 0.6 is 0 Å². The van der Waals surface area contributed by atoms with Crippen LogP contribution in [0.1, 0.15) is 0 Å². The van der Waals surface area contributed by atoms with Gasteiger partial charge in [-0.05, 0) is 12.1 Å². The van der Waals surface area contributed by atoms with Crippen LogP contribution in [0.5, 0.6) is 0 Å². The minimum atomic E-state index is -0.811. The van der Waals surface area contributed by atoms with Crippen LogP contribution in [0.15, 0.2) is 12.1 Å². The topological polar surface area (TPSA) is 41.1 Å². The van der Waals surface area contributed by atoms with Gasteiger partial charge in [0.15, 0.2) is 5.82 Å². The average Bonchev–Trinajstić information content (AvgIpc) is 2.12. The van der Waals surface area contributed by atoms with E-state index in [1.807, 2.05) is 5.32 Å². The summed E-state index contributed by atoms with van der Waals surface area (Å²) in [4.78, 5) is 10.0. The van der Waals surface area contributed by atoms with Gasteiger partial charge in [0.1, 0.15) is 11.5 Å². The molecule has 0 atom stereocenters. The lowest BCUT2D eigenvalue weighted by Gasteiger charge is -2.07. The fourth-order valence-corrected chi connectivity index (χ4v) is 0.937. The predicted molar refractivity (Wildman–Crippen MR) is 45.6 cm³/mol. The number of halogens is 2. The van der Waals surface area contributed by atoms with Crippen molar-refractivity contribution in [3.63, 3.8) is 0 Å². The lowest BCUT2D eigenvalue weighted by Crippen LogP contribution is -2.03. The number of carbonyl (C=O) groups is 1. The molecule has 0 bridgehead atoms. The molecule has 0 saturated heterocycles. The van der Waals surface area contributed by atoms with Gasteiger partial charge in [-0.15, -0.1) is 0 Å². The van der Waals surface area contributed by atoms with Crippen molar-refractivity contribution in [3.05, 3.63) is 23.8 Å². The molecule has 0 aliphatic heterocycles. The first-order valence-corrected chi connectivity index (χ1v) is 3.56. The van der Waals surface area contributed by atoms with Crippen molar-refractivity contribution in [3.8, 4) is 0 Å². The molecule has 0 aliphatic carbocycles. The summed E-state index contributed by atoms with van der Waals surface area (Å²) in [6, 6.07) is 2.32. The predicted octanol–water partition coefficient (Wildman–Crippen LogP) is 1.57. The summed E-state index contributed by atoms with van der Waals surface area (Å²) in [5.41, 5.74) is -0.312. The van der Waals surface area contributed by atoms with Crippen LogP contribution in [0.25, 0.3) is 0 Å². The van der Waals surface area contributed by atoms with Gasteiger partial charge in [-0.3, -0.25) is 4.79 Å². The molecule has 1 rings (SSSR count). The van der Waals surface area contributed by atoms with Crippen molar-refractivity contribution in [1.82, 2.24) is 0 Å². The Kier molecular flexibility index (Phi) is 2.79. The summed E-state index contributed by atoms with van der Waals surface area (Å²) in [7, 11) is 1.50. The van der Waals surface area contributed by atoms with E-state index in [0.717, 1.165) is 6.07 Å². The Morgan fingerprint density at radius 2 is 2.08 bits per heavy atom. The largest absolute Gasteiger partial charge is 0.386 e. The van der Waals surface area contributed by atoms with E-state index in [1.54, 1.807) is 0 Å². The van der Waals surface area contributed by atoms with Crippen LogP contribution in [0.3, 0.4) is 0 Å². The molecular weight excluding hydrogens is 178 g/mol. The number of benzene rings is 1. The van der Waals surface area contributed by atoms with Crippen molar-refractivity contribution in [2.45, 2.75) is 0 Å². The Hall–Kier alpha value is -1.65. The van der Waals surface area contributed by atoms with E-state index in [2.05, 4.69) is 5.32 Å². The molecule has 0 unspecified atom stereocenters. The number of carbonyl (C=O) groups excluding carboxylic acids is 1. The number of amides is 1. The molecule has 0 fully saturated rings. The molecule has 1 amide bonds. The van der Waals surface area contributed by atoms with E-state index >= 15 is 0 Å². The summed E-state index contributed by atoms with van der Waals surface area (Å²) in [5.74, 6) is -1.61. The van der Waals surface area contributed by atoms with Crippen molar-refractivity contribution in [1.29, 1.82) is 0 Å². The van der Waals surface area contributed by atoms with E-state index in [4.69, 9.17) is 0 Å². The highest BCUT2D eigenvalue weighted by Gasteiger charge is 2.11. The second kappa shape index (κ2) is 3.84. The first kappa shape index (κ1) is 9.44. The number of rotatable bonds is 3. The third-order valence-electron chi connectivity index (χ3n) is 1.56. The van der Waals surface area contributed by atoms with Crippen LogP contribution < -0.4 is 10.6 Å². The van der Waals surface area contributed by atoms with Gasteiger partial charge in [-0.1, -0.05) is 0 Å². The molecule has 0 aliphatic rings. The van der Waals surface area contributed by atoms with Crippen LogP contribution in [-0.2, 0) is 4.79 Å². The Morgan fingerprint density at radius 1 is 1.38 bits per heavy atom. The van der Waals surface area contributed by atoms with Crippen LogP contribution in [0.4, 0.5) is 20.2 Å². The Labute approximate surface area is 73.8 Å². The van der Waals surface area contributed by atoms with Gasteiger partial charge in [-0.2, -0.15) is 0 Å². The van der Waals surface area contributed by atoms with Crippen LogP contribution in [0.2, 0.25) is 0 Å². The molecule has 3 nitrogen and oxygen atoms in total. The zero-order valence-electron chi connectivity index (χ0n) is 6.90. The summed E-state index contributed by atoms with van der Waals surface area (Å²) < 4.78 is 26.1. The molecule has 0 heterocycles. The van der Waals surface area contributed by atoms with E-state index in [1.165, 1.54) is 13.1 Å². The van der Waals surface area contributed by atoms with Gasteiger partial charge in [0.2, 0.25) is 6.41 Å². The van der Waals surface area contributed by atoms with Crippen molar-refractivity contribution < 1.29 is 13.6 Å². The number of nitrogens with one attached hydrogen (secondary N) is 2. The molecule has 13 heavy (non-hydrogen) atoms. The minimum absolute atomic E-state index is 0.130. The quantitative estimate of drug-likeness (QED) is 0.703.